The number of hydrogen-bond acceptors (Lipinski definition) is 6. The third-order valence-corrected chi connectivity index (χ3v) is 9.93. The minimum atomic E-state index is -3.91. The topological polar surface area (TPSA) is 107 Å². The van der Waals surface area contributed by atoms with Gasteiger partial charge in [-0.15, -0.1) is 0 Å². The molecule has 2 N–H and O–H groups in total. The van der Waals surface area contributed by atoms with E-state index in [1.54, 1.807) is 49.4 Å². The Kier molecular flexibility index (Phi) is 9.90. The number of fused-ring (bicyclic) bond motifs is 1. The Labute approximate surface area is 238 Å². The highest BCUT2D eigenvalue weighted by Gasteiger charge is 2.38. The van der Waals surface area contributed by atoms with Crippen molar-refractivity contribution in [1.82, 2.24) is 9.21 Å². The standard InChI is InChI=1S/C31H40N2O6S/c1-22-18-33(23(2)21-34)40(37,38)30-16-13-25(10-6-9-24-7-4-5-8-24)17-28(30)39-29(22)20-32(3)19-26-11-14-27(15-12-26)31(35)36/h11-17,22-24,29,34H,4-5,7-9,18-21H2,1-3H3,(H,35,36)/t22-,23+,29-/m1/s1. The van der Waals surface area contributed by atoms with E-state index in [1.807, 2.05) is 14.0 Å². The fraction of sp³-hybridized carbons (Fsp3) is 0.516. The first-order chi connectivity index (χ1) is 19.1. The van der Waals surface area contributed by atoms with Crippen molar-refractivity contribution in [1.29, 1.82) is 0 Å². The molecule has 2 aromatic rings. The molecule has 0 radical (unpaired) electrons. The number of carbonyl (C=O) groups is 1. The van der Waals surface area contributed by atoms with Crippen molar-refractivity contribution in [2.75, 3.05) is 26.7 Å². The molecule has 9 heteroatoms. The Morgan fingerprint density at radius 1 is 1.18 bits per heavy atom. The molecule has 3 atom stereocenters. The van der Waals surface area contributed by atoms with E-state index in [1.165, 1.54) is 30.0 Å². The number of benzene rings is 2. The van der Waals surface area contributed by atoms with Gasteiger partial charge in [0.1, 0.15) is 16.7 Å². The summed E-state index contributed by atoms with van der Waals surface area (Å²) >= 11 is 0. The van der Waals surface area contributed by atoms with Crippen LogP contribution in [-0.2, 0) is 16.6 Å². The molecule has 4 rings (SSSR count). The van der Waals surface area contributed by atoms with E-state index in [2.05, 4.69) is 16.7 Å². The van der Waals surface area contributed by atoms with Crippen LogP contribution in [-0.4, -0.2) is 72.7 Å². The van der Waals surface area contributed by atoms with Gasteiger partial charge in [-0.05, 0) is 68.6 Å². The Bertz CT molecular complexity index is 1340. The summed E-state index contributed by atoms with van der Waals surface area (Å²) in [5.41, 5.74) is 1.92. The summed E-state index contributed by atoms with van der Waals surface area (Å²) < 4.78 is 35.3. The Morgan fingerprint density at radius 3 is 2.52 bits per heavy atom. The molecular weight excluding hydrogens is 528 g/mol. The molecule has 0 saturated heterocycles. The van der Waals surface area contributed by atoms with Crippen molar-refractivity contribution in [3.8, 4) is 17.6 Å². The molecule has 0 aromatic heterocycles. The van der Waals surface area contributed by atoms with Crippen molar-refractivity contribution in [2.45, 2.75) is 69.5 Å². The second-order valence-electron chi connectivity index (χ2n) is 11.3. The first-order valence-corrected chi connectivity index (χ1v) is 15.5. The van der Waals surface area contributed by atoms with Gasteiger partial charge < -0.3 is 14.9 Å². The molecule has 1 saturated carbocycles. The zero-order valence-corrected chi connectivity index (χ0v) is 24.4. The largest absolute Gasteiger partial charge is 0.487 e. The summed E-state index contributed by atoms with van der Waals surface area (Å²) in [4.78, 5) is 13.3. The number of hydrogen-bond donors (Lipinski definition) is 2. The second-order valence-corrected chi connectivity index (χ2v) is 13.1. The van der Waals surface area contributed by atoms with Gasteiger partial charge in [0, 0.05) is 43.6 Å². The Morgan fingerprint density at radius 2 is 1.88 bits per heavy atom. The van der Waals surface area contributed by atoms with Crippen LogP contribution in [0.4, 0.5) is 0 Å². The first kappa shape index (κ1) is 30.1. The van der Waals surface area contributed by atoms with Crippen molar-refractivity contribution >= 4 is 16.0 Å². The third kappa shape index (κ3) is 7.24. The van der Waals surface area contributed by atoms with E-state index in [0.29, 0.717) is 24.6 Å². The van der Waals surface area contributed by atoms with Gasteiger partial charge in [-0.3, -0.25) is 4.90 Å². The van der Waals surface area contributed by atoms with Gasteiger partial charge in [0.05, 0.1) is 12.2 Å². The Hall–Kier alpha value is -2.90. The fourth-order valence-corrected chi connectivity index (χ4v) is 7.30. The number of ether oxygens (including phenoxy) is 1. The molecule has 0 spiro atoms. The van der Waals surface area contributed by atoms with Gasteiger partial charge in [0.15, 0.2) is 0 Å². The molecule has 40 heavy (non-hydrogen) atoms. The smallest absolute Gasteiger partial charge is 0.335 e. The lowest BCUT2D eigenvalue weighted by atomic mass is 10.0. The number of aliphatic hydroxyl groups excluding tert-OH is 1. The van der Waals surface area contributed by atoms with Gasteiger partial charge in [-0.1, -0.05) is 43.7 Å². The van der Waals surface area contributed by atoms with Crippen molar-refractivity contribution < 1.29 is 28.2 Å². The van der Waals surface area contributed by atoms with Gasteiger partial charge in [-0.25, -0.2) is 13.2 Å². The maximum absolute atomic E-state index is 13.7. The summed E-state index contributed by atoms with van der Waals surface area (Å²) in [6, 6.07) is 11.2. The fourth-order valence-electron chi connectivity index (χ4n) is 5.47. The third-order valence-electron chi connectivity index (χ3n) is 7.91. The lowest BCUT2D eigenvalue weighted by molar-refractivity contribution is 0.0697. The van der Waals surface area contributed by atoms with Crippen LogP contribution in [0.5, 0.6) is 5.75 Å². The second kappa shape index (κ2) is 13.2. The predicted molar refractivity (Wildman–Crippen MR) is 154 cm³/mol. The highest BCUT2D eigenvalue weighted by molar-refractivity contribution is 7.89. The van der Waals surface area contributed by atoms with Crippen molar-refractivity contribution in [3.63, 3.8) is 0 Å². The first-order valence-electron chi connectivity index (χ1n) is 14.0. The average Bonchev–Trinajstić information content (AvgIpc) is 3.44. The molecule has 1 aliphatic heterocycles. The molecule has 0 bridgehead atoms. The van der Waals surface area contributed by atoms with E-state index in [0.717, 1.165) is 12.0 Å². The quantitative estimate of drug-likeness (QED) is 0.459. The minimum absolute atomic E-state index is 0.0814. The number of aliphatic hydroxyl groups is 1. The van der Waals surface area contributed by atoms with E-state index < -0.39 is 22.0 Å². The van der Waals surface area contributed by atoms with Gasteiger partial charge >= 0.3 is 5.97 Å². The summed E-state index contributed by atoms with van der Waals surface area (Å²) in [5.74, 6) is 6.27. The van der Waals surface area contributed by atoms with E-state index in [9.17, 15) is 18.3 Å². The zero-order chi connectivity index (χ0) is 28.9. The molecular formula is C31H40N2O6S. The van der Waals surface area contributed by atoms with E-state index in [-0.39, 0.29) is 41.4 Å². The Balaban J connectivity index is 1.60. The summed E-state index contributed by atoms with van der Waals surface area (Å²) in [6.07, 6.45) is 5.47. The van der Waals surface area contributed by atoms with Crippen LogP contribution in [0, 0.1) is 23.7 Å². The monoisotopic (exact) mass is 568 g/mol. The van der Waals surface area contributed by atoms with Crippen LogP contribution >= 0.6 is 0 Å². The molecule has 2 aromatic carbocycles. The molecule has 0 amide bonds. The molecule has 0 unspecified atom stereocenters. The maximum Gasteiger partial charge on any atom is 0.335 e. The maximum atomic E-state index is 13.7. The number of aromatic carboxylic acids is 1. The highest BCUT2D eigenvalue weighted by atomic mass is 32.2. The van der Waals surface area contributed by atoms with Gasteiger partial charge in [0.2, 0.25) is 10.0 Å². The summed E-state index contributed by atoms with van der Waals surface area (Å²) in [5, 5.41) is 19.0. The van der Waals surface area contributed by atoms with Gasteiger partial charge in [0.25, 0.3) is 0 Å². The number of nitrogens with zero attached hydrogens (tertiary/aromatic N) is 2. The number of carboxylic acid groups (broad SMARTS) is 1. The molecule has 8 nitrogen and oxygen atoms in total. The number of rotatable bonds is 8. The number of likely N-dealkylation sites (N-methyl/N-ethyl adjacent to an activating group) is 1. The molecule has 1 aliphatic carbocycles. The van der Waals surface area contributed by atoms with E-state index >= 15 is 0 Å². The molecule has 1 heterocycles. The van der Waals surface area contributed by atoms with Crippen molar-refractivity contribution in [3.05, 3.63) is 59.2 Å². The lowest BCUT2D eigenvalue weighted by Gasteiger charge is -2.37. The average molecular weight is 569 g/mol. The molecule has 216 valence electrons. The van der Waals surface area contributed by atoms with Crippen LogP contribution < -0.4 is 4.74 Å². The number of sulfonamides is 1. The van der Waals surface area contributed by atoms with E-state index in [4.69, 9.17) is 9.84 Å². The SMILES string of the molecule is C[C@@H]1CN([C@@H](C)CO)S(=O)(=O)c2ccc(C#CCC3CCCC3)cc2O[C@@H]1CN(C)Cc1ccc(C(=O)O)cc1. The van der Waals surface area contributed by atoms with Gasteiger partial charge in [-0.2, -0.15) is 4.31 Å². The lowest BCUT2D eigenvalue weighted by Crippen LogP contribution is -2.49. The van der Waals surface area contributed by atoms with Crippen LogP contribution in [0.15, 0.2) is 47.4 Å². The van der Waals surface area contributed by atoms with Crippen LogP contribution in [0.2, 0.25) is 0 Å². The van der Waals surface area contributed by atoms with Crippen molar-refractivity contribution in [2.24, 2.45) is 11.8 Å². The zero-order valence-electron chi connectivity index (χ0n) is 23.5. The van der Waals surface area contributed by atoms with Crippen LogP contribution in [0.1, 0.15) is 67.4 Å². The number of carboxylic acids is 1. The summed E-state index contributed by atoms with van der Waals surface area (Å²) in [6.45, 7) is 4.67. The normalized spacial score (nSPS) is 21.9. The summed E-state index contributed by atoms with van der Waals surface area (Å²) in [7, 11) is -1.96. The van der Waals surface area contributed by atoms with Crippen LogP contribution in [0.25, 0.3) is 0 Å². The molecule has 2 aliphatic rings. The molecule has 1 fully saturated rings. The van der Waals surface area contributed by atoms with Crippen LogP contribution in [0.3, 0.4) is 0 Å². The highest BCUT2D eigenvalue weighted by Crippen LogP contribution is 2.34. The minimum Gasteiger partial charge on any atom is -0.487 e. The predicted octanol–water partition coefficient (Wildman–Crippen LogP) is 4.22.